The van der Waals surface area contributed by atoms with Crippen molar-refractivity contribution in [3.05, 3.63) is 39.4 Å². The van der Waals surface area contributed by atoms with Crippen LogP contribution in [-0.4, -0.2) is 49.5 Å². The average Bonchev–Trinajstić information content (AvgIpc) is 3.37. The molecule has 4 aromatic heterocycles. The van der Waals surface area contributed by atoms with Crippen LogP contribution in [-0.2, 0) is 17.6 Å². The first-order valence-corrected chi connectivity index (χ1v) is 11.2. The fourth-order valence-electron chi connectivity index (χ4n) is 4.30. The first-order chi connectivity index (χ1) is 15.0. The van der Waals surface area contributed by atoms with E-state index in [-0.39, 0.29) is 17.4 Å². The number of carbonyl (C=O) groups excluding carboxylic acids is 1. The molecule has 0 radical (unpaired) electrons. The molecule has 160 valence electrons. The van der Waals surface area contributed by atoms with Gasteiger partial charge in [0.15, 0.2) is 0 Å². The number of nitrogens with one attached hydrogen (secondary N) is 3. The standard InChI is InChI=1S/C21H23N7O2S/c1-3-6-28(2)21(30)11-4-5-13-15(8-11)31-20-16(13)18(22-10-23-20)25-14-7-12-9-24-27-17(12)26-19(14)29/h7,9-11H,3-6,8H2,1-2H3,(H,22,23,25)(H2,24,26,27,29)/t11-/m0/s1. The van der Waals surface area contributed by atoms with Gasteiger partial charge in [0, 0.05) is 29.8 Å². The van der Waals surface area contributed by atoms with Crippen molar-refractivity contribution in [2.24, 2.45) is 5.92 Å². The van der Waals surface area contributed by atoms with E-state index in [0.29, 0.717) is 17.2 Å². The van der Waals surface area contributed by atoms with Gasteiger partial charge >= 0.3 is 0 Å². The van der Waals surface area contributed by atoms with Gasteiger partial charge in [-0.25, -0.2) is 9.97 Å². The lowest BCUT2D eigenvalue weighted by Crippen LogP contribution is -2.35. The monoisotopic (exact) mass is 437 g/mol. The number of aromatic nitrogens is 5. The van der Waals surface area contributed by atoms with Gasteiger partial charge in [0.1, 0.15) is 28.3 Å². The quantitative estimate of drug-likeness (QED) is 0.442. The highest BCUT2D eigenvalue weighted by Gasteiger charge is 2.30. The van der Waals surface area contributed by atoms with Crippen LogP contribution in [0.5, 0.6) is 0 Å². The van der Waals surface area contributed by atoms with Crippen molar-refractivity contribution in [3.8, 4) is 0 Å². The maximum Gasteiger partial charge on any atom is 0.273 e. The molecule has 4 heterocycles. The third-order valence-corrected chi connectivity index (χ3v) is 7.00. The zero-order chi connectivity index (χ0) is 21.5. The second kappa shape index (κ2) is 7.77. The summed E-state index contributed by atoms with van der Waals surface area (Å²) in [4.78, 5) is 40.8. The molecule has 0 aliphatic heterocycles. The molecule has 1 aliphatic carbocycles. The summed E-state index contributed by atoms with van der Waals surface area (Å²) >= 11 is 1.62. The number of thiophene rings is 1. The summed E-state index contributed by atoms with van der Waals surface area (Å²) in [7, 11) is 1.88. The zero-order valence-electron chi connectivity index (χ0n) is 17.4. The highest BCUT2D eigenvalue weighted by atomic mass is 32.1. The Labute approximate surface area is 181 Å². The minimum Gasteiger partial charge on any atom is -0.346 e. The number of H-pyrrole nitrogens is 2. The fourth-order valence-corrected chi connectivity index (χ4v) is 5.57. The van der Waals surface area contributed by atoms with Crippen LogP contribution in [0.3, 0.4) is 0 Å². The highest BCUT2D eigenvalue weighted by Crippen LogP contribution is 2.40. The lowest BCUT2D eigenvalue weighted by atomic mass is 9.87. The summed E-state index contributed by atoms with van der Waals surface area (Å²) in [6.45, 7) is 2.86. The predicted molar refractivity (Wildman–Crippen MR) is 121 cm³/mol. The van der Waals surface area contributed by atoms with Crippen molar-refractivity contribution < 1.29 is 4.79 Å². The van der Waals surface area contributed by atoms with Crippen LogP contribution in [0.15, 0.2) is 23.4 Å². The first kappa shape index (κ1) is 19.7. The second-order valence-corrected chi connectivity index (χ2v) is 9.03. The molecule has 0 fully saturated rings. The van der Waals surface area contributed by atoms with Crippen molar-refractivity contribution in [2.45, 2.75) is 32.6 Å². The molecule has 0 unspecified atom stereocenters. The summed E-state index contributed by atoms with van der Waals surface area (Å²) in [5.74, 6) is 0.839. The van der Waals surface area contributed by atoms with Crippen molar-refractivity contribution in [3.63, 3.8) is 0 Å². The maximum atomic E-state index is 12.8. The summed E-state index contributed by atoms with van der Waals surface area (Å²) < 4.78 is 0. The van der Waals surface area contributed by atoms with Gasteiger partial charge in [-0.1, -0.05) is 6.92 Å². The van der Waals surface area contributed by atoms with E-state index in [1.807, 2.05) is 11.9 Å². The Balaban J connectivity index is 1.49. The topological polar surface area (TPSA) is 120 Å². The van der Waals surface area contributed by atoms with Gasteiger partial charge in [0.05, 0.1) is 11.6 Å². The van der Waals surface area contributed by atoms with Crippen molar-refractivity contribution >= 4 is 50.0 Å². The average molecular weight is 438 g/mol. The number of fused-ring (bicyclic) bond motifs is 4. The lowest BCUT2D eigenvalue weighted by molar-refractivity contribution is -0.134. The van der Waals surface area contributed by atoms with E-state index < -0.39 is 0 Å². The van der Waals surface area contributed by atoms with E-state index in [2.05, 4.69) is 37.4 Å². The van der Waals surface area contributed by atoms with Gasteiger partial charge in [-0.15, -0.1) is 11.3 Å². The van der Waals surface area contributed by atoms with Crippen molar-refractivity contribution in [1.29, 1.82) is 0 Å². The van der Waals surface area contributed by atoms with Gasteiger partial charge in [-0.2, -0.15) is 5.10 Å². The Kier molecular flexibility index (Phi) is 4.93. The number of hydrogen-bond acceptors (Lipinski definition) is 7. The largest absolute Gasteiger partial charge is 0.346 e. The van der Waals surface area contributed by atoms with E-state index in [0.717, 1.165) is 47.8 Å². The third-order valence-electron chi connectivity index (χ3n) is 5.83. The van der Waals surface area contributed by atoms with Crippen LogP contribution in [0.2, 0.25) is 0 Å². The Bertz CT molecular complexity index is 1340. The molecule has 31 heavy (non-hydrogen) atoms. The normalized spacial score (nSPS) is 15.9. The van der Waals surface area contributed by atoms with Crippen molar-refractivity contribution in [1.82, 2.24) is 30.0 Å². The van der Waals surface area contributed by atoms with Crippen LogP contribution >= 0.6 is 11.3 Å². The fraction of sp³-hybridized carbons (Fsp3) is 0.381. The summed E-state index contributed by atoms with van der Waals surface area (Å²) in [5, 5.41) is 11.7. The number of anilines is 2. The number of rotatable bonds is 5. The van der Waals surface area contributed by atoms with Crippen molar-refractivity contribution in [2.75, 3.05) is 18.9 Å². The van der Waals surface area contributed by atoms with Gasteiger partial charge in [0.25, 0.3) is 5.56 Å². The van der Waals surface area contributed by atoms with Gasteiger partial charge in [-0.05, 0) is 37.3 Å². The maximum absolute atomic E-state index is 12.8. The molecular formula is C21H23N7O2S. The van der Waals surface area contributed by atoms with E-state index in [4.69, 9.17) is 0 Å². The Morgan fingerprint density at radius 1 is 1.39 bits per heavy atom. The molecule has 3 N–H and O–H groups in total. The van der Waals surface area contributed by atoms with Crippen LogP contribution in [0.1, 0.15) is 30.2 Å². The molecule has 10 heteroatoms. The summed E-state index contributed by atoms with van der Waals surface area (Å²) in [5.41, 5.74) is 1.92. The number of amides is 1. The molecule has 4 aromatic rings. The summed E-state index contributed by atoms with van der Waals surface area (Å²) in [6.07, 6.45) is 6.45. The molecule has 0 spiro atoms. The first-order valence-electron chi connectivity index (χ1n) is 10.4. The highest BCUT2D eigenvalue weighted by molar-refractivity contribution is 7.19. The Morgan fingerprint density at radius 3 is 3.10 bits per heavy atom. The molecule has 9 nitrogen and oxygen atoms in total. The van der Waals surface area contributed by atoms with E-state index in [1.165, 1.54) is 16.8 Å². The molecule has 1 amide bonds. The number of pyridine rings is 1. The van der Waals surface area contributed by atoms with Crippen LogP contribution in [0, 0.1) is 5.92 Å². The SMILES string of the molecule is CCCN(C)C(=O)[C@H]1CCc2c(sc3ncnc(Nc4cc5cn[nH]c5[nH]c4=O)c23)C1. The Morgan fingerprint density at radius 2 is 2.26 bits per heavy atom. The Hall–Kier alpha value is -3.27. The predicted octanol–water partition coefficient (Wildman–Crippen LogP) is 2.97. The van der Waals surface area contributed by atoms with E-state index in [1.54, 1.807) is 23.6 Å². The second-order valence-electron chi connectivity index (χ2n) is 7.94. The smallest absolute Gasteiger partial charge is 0.273 e. The molecule has 0 aromatic carbocycles. The molecule has 1 atom stereocenters. The molecule has 5 rings (SSSR count). The van der Waals surface area contributed by atoms with Gasteiger partial charge in [0.2, 0.25) is 5.91 Å². The van der Waals surface area contributed by atoms with Crippen LogP contribution < -0.4 is 10.9 Å². The summed E-state index contributed by atoms with van der Waals surface area (Å²) in [6, 6.07) is 1.75. The van der Waals surface area contributed by atoms with Gasteiger partial charge in [-0.3, -0.25) is 14.7 Å². The number of aryl methyl sites for hydroxylation is 1. The zero-order valence-corrected chi connectivity index (χ0v) is 18.2. The molecule has 1 aliphatic rings. The number of carbonyl (C=O) groups is 1. The minimum atomic E-state index is -0.253. The van der Waals surface area contributed by atoms with Crippen LogP contribution in [0.25, 0.3) is 21.3 Å². The molecule has 0 saturated carbocycles. The van der Waals surface area contributed by atoms with Gasteiger partial charge < -0.3 is 15.2 Å². The molecule has 0 saturated heterocycles. The third kappa shape index (κ3) is 3.46. The number of aromatic amines is 2. The van der Waals surface area contributed by atoms with Crippen LogP contribution in [0.4, 0.5) is 11.5 Å². The number of hydrogen-bond donors (Lipinski definition) is 3. The number of nitrogens with zero attached hydrogens (tertiary/aromatic N) is 4. The molecular weight excluding hydrogens is 414 g/mol. The lowest BCUT2D eigenvalue weighted by Gasteiger charge is -2.26. The molecule has 0 bridgehead atoms. The van der Waals surface area contributed by atoms with E-state index >= 15 is 0 Å². The minimum absolute atomic E-state index is 0.00724. The van der Waals surface area contributed by atoms with E-state index in [9.17, 15) is 9.59 Å².